The SMILES string of the molecule is c1cnc2nc(N3CC(N4CCNCC4)C3)ccc2n1. The molecule has 2 aromatic heterocycles. The number of pyridine rings is 1. The third-order valence-corrected chi connectivity index (χ3v) is 4.17. The summed E-state index contributed by atoms with van der Waals surface area (Å²) in [6.45, 7) is 6.68. The number of nitrogens with zero attached hydrogens (tertiary/aromatic N) is 5. The molecular weight excluding hydrogens is 252 g/mol. The summed E-state index contributed by atoms with van der Waals surface area (Å²) in [7, 11) is 0. The Labute approximate surface area is 117 Å². The Morgan fingerprint density at radius 2 is 1.85 bits per heavy atom. The fourth-order valence-corrected chi connectivity index (χ4v) is 2.94. The number of fused-ring (bicyclic) bond motifs is 1. The summed E-state index contributed by atoms with van der Waals surface area (Å²) in [5.41, 5.74) is 1.59. The van der Waals surface area contributed by atoms with Crippen LogP contribution in [0.25, 0.3) is 11.2 Å². The van der Waals surface area contributed by atoms with Gasteiger partial charge in [0.15, 0.2) is 5.65 Å². The number of hydrogen-bond donors (Lipinski definition) is 1. The summed E-state index contributed by atoms with van der Waals surface area (Å²) < 4.78 is 0. The van der Waals surface area contributed by atoms with Gasteiger partial charge in [-0.15, -0.1) is 0 Å². The molecule has 1 N–H and O–H groups in total. The maximum atomic E-state index is 4.60. The molecule has 6 nitrogen and oxygen atoms in total. The highest BCUT2D eigenvalue weighted by atomic mass is 15.3. The molecule has 6 heteroatoms. The summed E-state index contributed by atoms with van der Waals surface area (Å²) in [5, 5.41) is 3.40. The lowest BCUT2D eigenvalue weighted by molar-refractivity contribution is 0.147. The zero-order valence-electron chi connectivity index (χ0n) is 11.4. The van der Waals surface area contributed by atoms with Gasteiger partial charge in [0.05, 0.1) is 0 Å². The second-order valence-electron chi connectivity index (χ2n) is 5.41. The minimum atomic E-state index is 0.677. The summed E-state index contributed by atoms with van der Waals surface area (Å²) in [6.07, 6.45) is 3.40. The van der Waals surface area contributed by atoms with Crippen LogP contribution in [0.5, 0.6) is 0 Å². The molecule has 0 radical (unpaired) electrons. The molecule has 0 amide bonds. The van der Waals surface area contributed by atoms with E-state index >= 15 is 0 Å². The van der Waals surface area contributed by atoms with Gasteiger partial charge in [0, 0.05) is 57.7 Å². The Hall–Kier alpha value is -1.79. The van der Waals surface area contributed by atoms with Crippen molar-refractivity contribution in [2.75, 3.05) is 44.2 Å². The molecule has 20 heavy (non-hydrogen) atoms. The second kappa shape index (κ2) is 4.96. The minimum Gasteiger partial charge on any atom is -0.353 e. The Bertz CT molecular complexity index is 603. The molecule has 0 aromatic carbocycles. The predicted octanol–water partition coefficient (Wildman–Crippen LogP) is 0.119. The summed E-state index contributed by atoms with van der Waals surface area (Å²) in [4.78, 5) is 18.0. The van der Waals surface area contributed by atoms with Crippen molar-refractivity contribution in [2.45, 2.75) is 6.04 Å². The van der Waals surface area contributed by atoms with Crippen LogP contribution in [0, 0.1) is 0 Å². The zero-order chi connectivity index (χ0) is 13.4. The lowest BCUT2D eigenvalue weighted by Gasteiger charge is -2.47. The molecule has 4 rings (SSSR count). The Balaban J connectivity index is 1.46. The van der Waals surface area contributed by atoms with Crippen LogP contribution in [0.2, 0.25) is 0 Å². The van der Waals surface area contributed by atoms with Gasteiger partial charge in [0.2, 0.25) is 0 Å². The van der Waals surface area contributed by atoms with Crippen molar-refractivity contribution >= 4 is 17.0 Å². The van der Waals surface area contributed by atoms with Crippen molar-refractivity contribution in [1.29, 1.82) is 0 Å². The Morgan fingerprint density at radius 3 is 2.70 bits per heavy atom. The summed E-state index contributed by atoms with van der Waals surface area (Å²) in [6, 6.07) is 4.73. The zero-order valence-corrected chi connectivity index (χ0v) is 11.4. The fraction of sp³-hybridized carbons (Fsp3) is 0.500. The Morgan fingerprint density at radius 1 is 1.05 bits per heavy atom. The van der Waals surface area contributed by atoms with Crippen molar-refractivity contribution in [1.82, 2.24) is 25.2 Å². The van der Waals surface area contributed by atoms with E-state index in [-0.39, 0.29) is 0 Å². The van der Waals surface area contributed by atoms with E-state index in [1.165, 1.54) is 0 Å². The highest BCUT2D eigenvalue weighted by Gasteiger charge is 2.33. The monoisotopic (exact) mass is 270 g/mol. The highest BCUT2D eigenvalue weighted by Crippen LogP contribution is 2.23. The molecule has 0 unspecified atom stereocenters. The van der Waals surface area contributed by atoms with E-state index in [0.717, 1.165) is 56.3 Å². The summed E-state index contributed by atoms with van der Waals surface area (Å²) in [5.74, 6) is 1.02. The van der Waals surface area contributed by atoms with E-state index in [9.17, 15) is 0 Å². The van der Waals surface area contributed by atoms with Gasteiger partial charge in [-0.25, -0.2) is 9.97 Å². The Kier molecular flexibility index (Phi) is 2.97. The molecule has 104 valence electrons. The lowest BCUT2D eigenvalue weighted by Crippen LogP contribution is -2.63. The van der Waals surface area contributed by atoms with Crippen LogP contribution in [0.4, 0.5) is 5.82 Å². The molecule has 2 saturated heterocycles. The van der Waals surface area contributed by atoms with Crippen molar-refractivity contribution in [3.05, 3.63) is 24.5 Å². The van der Waals surface area contributed by atoms with Crippen molar-refractivity contribution in [2.24, 2.45) is 0 Å². The van der Waals surface area contributed by atoms with E-state index in [0.29, 0.717) is 6.04 Å². The molecule has 2 aromatic rings. The van der Waals surface area contributed by atoms with E-state index in [1.807, 2.05) is 12.1 Å². The third-order valence-electron chi connectivity index (χ3n) is 4.17. The van der Waals surface area contributed by atoms with Crippen LogP contribution >= 0.6 is 0 Å². The van der Waals surface area contributed by atoms with E-state index in [4.69, 9.17) is 0 Å². The smallest absolute Gasteiger partial charge is 0.180 e. The molecule has 0 saturated carbocycles. The van der Waals surface area contributed by atoms with Gasteiger partial charge >= 0.3 is 0 Å². The average molecular weight is 270 g/mol. The van der Waals surface area contributed by atoms with Crippen LogP contribution in [-0.2, 0) is 0 Å². The maximum Gasteiger partial charge on any atom is 0.180 e. The van der Waals surface area contributed by atoms with Gasteiger partial charge in [-0.2, -0.15) is 0 Å². The molecular formula is C14H18N6. The van der Waals surface area contributed by atoms with Gasteiger partial charge in [0.1, 0.15) is 11.3 Å². The molecule has 4 heterocycles. The van der Waals surface area contributed by atoms with Crippen LogP contribution in [0.15, 0.2) is 24.5 Å². The number of anilines is 1. The molecule has 2 aliphatic rings. The fourth-order valence-electron chi connectivity index (χ4n) is 2.94. The first-order chi connectivity index (χ1) is 9.90. The predicted molar refractivity (Wildman–Crippen MR) is 77.8 cm³/mol. The van der Waals surface area contributed by atoms with E-state index in [1.54, 1.807) is 12.4 Å². The molecule has 0 atom stereocenters. The molecule has 2 aliphatic heterocycles. The maximum absolute atomic E-state index is 4.60. The molecule has 2 fully saturated rings. The van der Waals surface area contributed by atoms with Crippen molar-refractivity contribution in [3.8, 4) is 0 Å². The lowest BCUT2D eigenvalue weighted by atomic mass is 10.1. The standard InChI is InChI=1S/C14H18N6/c1-2-13(18-14-12(1)16-3-4-17-14)20-9-11(10-20)19-7-5-15-6-8-19/h1-4,11,15H,5-10H2. The first kappa shape index (κ1) is 12.0. The second-order valence-corrected chi connectivity index (χ2v) is 5.41. The van der Waals surface area contributed by atoms with Crippen LogP contribution in [0.1, 0.15) is 0 Å². The highest BCUT2D eigenvalue weighted by molar-refractivity contribution is 5.71. The van der Waals surface area contributed by atoms with Crippen LogP contribution in [-0.4, -0.2) is 65.2 Å². The number of nitrogens with one attached hydrogen (secondary N) is 1. The average Bonchev–Trinajstić information content (AvgIpc) is 2.47. The van der Waals surface area contributed by atoms with Crippen molar-refractivity contribution < 1.29 is 0 Å². The van der Waals surface area contributed by atoms with Gasteiger partial charge in [-0.1, -0.05) is 0 Å². The number of hydrogen-bond acceptors (Lipinski definition) is 6. The normalized spacial score (nSPS) is 21.1. The van der Waals surface area contributed by atoms with Gasteiger partial charge in [-0.05, 0) is 12.1 Å². The quantitative estimate of drug-likeness (QED) is 0.836. The van der Waals surface area contributed by atoms with Gasteiger partial charge in [0.25, 0.3) is 0 Å². The number of piperazine rings is 1. The summed E-state index contributed by atoms with van der Waals surface area (Å²) >= 11 is 0. The first-order valence-electron chi connectivity index (χ1n) is 7.18. The minimum absolute atomic E-state index is 0.677. The number of rotatable bonds is 2. The van der Waals surface area contributed by atoms with Crippen molar-refractivity contribution in [3.63, 3.8) is 0 Å². The molecule has 0 bridgehead atoms. The molecule has 0 spiro atoms. The molecule has 0 aliphatic carbocycles. The largest absolute Gasteiger partial charge is 0.353 e. The number of aromatic nitrogens is 3. The van der Waals surface area contributed by atoms with E-state index < -0.39 is 0 Å². The van der Waals surface area contributed by atoms with Gasteiger partial charge in [-0.3, -0.25) is 9.88 Å². The van der Waals surface area contributed by atoms with Crippen LogP contribution in [0.3, 0.4) is 0 Å². The first-order valence-corrected chi connectivity index (χ1v) is 7.18. The van der Waals surface area contributed by atoms with E-state index in [2.05, 4.69) is 30.1 Å². The third kappa shape index (κ3) is 2.10. The van der Waals surface area contributed by atoms with Gasteiger partial charge < -0.3 is 10.2 Å². The topological polar surface area (TPSA) is 57.2 Å². The van der Waals surface area contributed by atoms with Crippen LogP contribution < -0.4 is 10.2 Å².